The first-order valence-corrected chi connectivity index (χ1v) is 11.5. The van der Waals surface area contributed by atoms with Crippen molar-refractivity contribution in [3.8, 4) is 0 Å². The van der Waals surface area contributed by atoms with Gasteiger partial charge >= 0.3 is 0 Å². The Balaban J connectivity index is 1.57. The molecule has 4 heterocycles. The number of piperidine rings is 1. The van der Waals surface area contributed by atoms with Crippen LogP contribution in [-0.4, -0.2) is 77.5 Å². The second-order valence-electron chi connectivity index (χ2n) is 10.1. The first-order chi connectivity index (χ1) is 14.2. The summed E-state index contributed by atoms with van der Waals surface area (Å²) in [5.41, 5.74) is 0.944. The lowest BCUT2D eigenvalue weighted by atomic mass is 9.60. The van der Waals surface area contributed by atoms with Crippen molar-refractivity contribution < 1.29 is 14.1 Å². The van der Waals surface area contributed by atoms with E-state index < -0.39 is 0 Å². The third-order valence-electron chi connectivity index (χ3n) is 7.80. The van der Waals surface area contributed by atoms with Crippen molar-refractivity contribution >= 4 is 11.8 Å². The van der Waals surface area contributed by atoms with Crippen LogP contribution in [-0.2, 0) is 4.79 Å². The van der Waals surface area contributed by atoms with E-state index in [-0.39, 0.29) is 16.7 Å². The Hall–Kier alpha value is -1.89. The summed E-state index contributed by atoms with van der Waals surface area (Å²) in [6.07, 6.45) is 2.73. The topological polar surface area (TPSA) is 69.9 Å². The molecule has 0 aromatic carbocycles. The van der Waals surface area contributed by atoms with E-state index in [1.165, 1.54) is 0 Å². The molecule has 7 heteroatoms. The van der Waals surface area contributed by atoms with Gasteiger partial charge in [0.05, 0.1) is 11.1 Å². The van der Waals surface area contributed by atoms with E-state index in [4.69, 9.17) is 4.52 Å². The monoisotopic (exact) mass is 416 g/mol. The zero-order valence-electron chi connectivity index (χ0n) is 19.2. The quantitative estimate of drug-likeness (QED) is 0.755. The predicted molar refractivity (Wildman–Crippen MR) is 114 cm³/mol. The number of aromatic nitrogens is 1. The van der Waals surface area contributed by atoms with Crippen LogP contribution in [0.3, 0.4) is 0 Å². The van der Waals surface area contributed by atoms with Gasteiger partial charge in [0.25, 0.3) is 5.91 Å². The zero-order chi connectivity index (χ0) is 21.7. The van der Waals surface area contributed by atoms with Gasteiger partial charge in [0.1, 0.15) is 11.3 Å². The summed E-state index contributed by atoms with van der Waals surface area (Å²) in [4.78, 5) is 33.2. The lowest BCUT2D eigenvalue weighted by molar-refractivity contribution is -0.141. The standard InChI is InChI=1S/C23H36N4O3/c1-6-26-12-9-23(21(26)29)15-25(13-16(2)3)14-22(23)7-10-27(11-8-22)20(28)19-17(4)24-30-18(19)5/h16H,6-15H2,1-5H3/t23-/m0/s1. The number of carbonyl (C=O) groups is 2. The Morgan fingerprint density at radius 3 is 2.37 bits per heavy atom. The largest absolute Gasteiger partial charge is 0.361 e. The number of likely N-dealkylation sites (tertiary alicyclic amines) is 3. The highest BCUT2D eigenvalue weighted by Crippen LogP contribution is 2.58. The average Bonchev–Trinajstić information content (AvgIpc) is 3.30. The van der Waals surface area contributed by atoms with Gasteiger partial charge in [0, 0.05) is 51.2 Å². The van der Waals surface area contributed by atoms with Gasteiger partial charge in [0.15, 0.2) is 0 Å². The number of aryl methyl sites for hydroxylation is 2. The maximum atomic E-state index is 13.6. The van der Waals surface area contributed by atoms with Gasteiger partial charge in [-0.2, -0.15) is 0 Å². The lowest BCUT2D eigenvalue weighted by Crippen LogP contribution is -2.53. The molecule has 2 spiro atoms. The van der Waals surface area contributed by atoms with E-state index in [9.17, 15) is 9.59 Å². The average molecular weight is 417 g/mol. The number of hydrogen-bond acceptors (Lipinski definition) is 5. The van der Waals surface area contributed by atoms with Crippen molar-refractivity contribution in [1.82, 2.24) is 19.9 Å². The van der Waals surface area contributed by atoms with Crippen molar-refractivity contribution in [3.05, 3.63) is 17.0 Å². The Morgan fingerprint density at radius 2 is 1.83 bits per heavy atom. The van der Waals surface area contributed by atoms with Crippen LogP contribution in [0.25, 0.3) is 0 Å². The fraction of sp³-hybridized carbons (Fsp3) is 0.783. The molecule has 0 radical (unpaired) electrons. The van der Waals surface area contributed by atoms with E-state index in [0.29, 0.717) is 41.9 Å². The van der Waals surface area contributed by atoms with Gasteiger partial charge in [-0.25, -0.2) is 0 Å². The number of amides is 2. The fourth-order valence-electron chi connectivity index (χ4n) is 6.33. The Kier molecular flexibility index (Phi) is 5.45. The molecular weight excluding hydrogens is 380 g/mol. The van der Waals surface area contributed by atoms with Gasteiger partial charge in [-0.15, -0.1) is 0 Å². The van der Waals surface area contributed by atoms with Crippen molar-refractivity contribution in [1.29, 1.82) is 0 Å². The third kappa shape index (κ3) is 3.17. The molecule has 3 fully saturated rings. The van der Waals surface area contributed by atoms with Crippen LogP contribution in [0, 0.1) is 30.6 Å². The maximum absolute atomic E-state index is 13.6. The molecule has 30 heavy (non-hydrogen) atoms. The summed E-state index contributed by atoms with van der Waals surface area (Å²) in [6.45, 7) is 16.1. The van der Waals surface area contributed by atoms with Crippen LogP contribution in [0.1, 0.15) is 61.8 Å². The first-order valence-electron chi connectivity index (χ1n) is 11.5. The molecule has 3 aliphatic heterocycles. The van der Waals surface area contributed by atoms with Crippen LogP contribution in [0.4, 0.5) is 0 Å². The summed E-state index contributed by atoms with van der Waals surface area (Å²) in [5, 5.41) is 3.95. The molecule has 0 bridgehead atoms. The molecule has 3 aliphatic rings. The van der Waals surface area contributed by atoms with E-state index in [1.54, 1.807) is 6.92 Å². The molecule has 2 amide bonds. The molecule has 0 unspecified atom stereocenters. The number of fused-ring (bicyclic) bond motifs is 1. The molecule has 4 rings (SSSR count). The summed E-state index contributed by atoms with van der Waals surface area (Å²) in [7, 11) is 0. The van der Waals surface area contributed by atoms with Crippen LogP contribution in [0.5, 0.6) is 0 Å². The smallest absolute Gasteiger partial charge is 0.259 e. The number of nitrogens with zero attached hydrogens (tertiary/aromatic N) is 4. The number of rotatable bonds is 4. The van der Waals surface area contributed by atoms with E-state index in [2.05, 4.69) is 30.8 Å². The fourth-order valence-corrected chi connectivity index (χ4v) is 6.33. The summed E-state index contributed by atoms with van der Waals surface area (Å²) in [5.74, 6) is 1.53. The normalized spacial score (nSPS) is 26.7. The third-order valence-corrected chi connectivity index (χ3v) is 7.80. The molecule has 1 aromatic heterocycles. The van der Waals surface area contributed by atoms with Gasteiger partial charge in [-0.05, 0) is 46.0 Å². The minimum Gasteiger partial charge on any atom is -0.361 e. The van der Waals surface area contributed by atoms with Crippen molar-refractivity contribution in [2.75, 3.05) is 45.8 Å². The van der Waals surface area contributed by atoms with Crippen molar-refractivity contribution in [2.24, 2.45) is 16.7 Å². The second-order valence-corrected chi connectivity index (χ2v) is 10.1. The van der Waals surface area contributed by atoms with Crippen LogP contribution in [0.15, 0.2) is 4.52 Å². The molecule has 3 saturated heterocycles. The summed E-state index contributed by atoms with van der Waals surface area (Å²) < 4.78 is 5.21. The zero-order valence-corrected chi connectivity index (χ0v) is 19.2. The Morgan fingerprint density at radius 1 is 1.13 bits per heavy atom. The second kappa shape index (κ2) is 7.66. The predicted octanol–water partition coefficient (Wildman–Crippen LogP) is 2.72. The highest BCUT2D eigenvalue weighted by atomic mass is 16.5. The van der Waals surface area contributed by atoms with Gasteiger partial charge in [0.2, 0.25) is 5.91 Å². The SMILES string of the molecule is CCN1CC[C@]2(CN(CC(C)C)CC23CCN(C(=O)c2c(C)noc2C)CC3)C1=O. The first kappa shape index (κ1) is 21.3. The van der Waals surface area contributed by atoms with Crippen LogP contribution in [0.2, 0.25) is 0 Å². The molecule has 1 atom stereocenters. The van der Waals surface area contributed by atoms with Crippen LogP contribution >= 0.6 is 0 Å². The maximum Gasteiger partial charge on any atom is 0.259 e. The van der Waals surface area contributed by atoms with E-state index >= 15 is 0 Å². The van der Waals surface area contributed by atoms with Crippen LogP contribution < -0.4 is 0 Å². The summed E-state index contributed by atoms with van der Waals surface area (Å²) in [6, 6.07) is 0. The molecule has 1 aromatic rings. The lowest BCUT2D eigenvalue weighted by Gasteiger charge is -2.47. The molecule has 0 saturated carbocycles. The minimum absolute atomic E-state index is 0.0140. The molecule has 166 valence electrons. The molecular formula is C23H36N4O3. The van der Waals surface area contributed by atoms with E-state index in [1.807, 2.05) is 16.7 Å². The van der Waals surface area contributed by atoms with E-state index in [0.717, 1.165) is 52.0 Å². The number of carbonyl (C=O) groups excluding carboxylic acids is 2. The van der Waals surface area contributed by atoms with Gasteiger partial charge in [-0.1, -0.05) is 19.0 Å². The van der Waals surface area contributed by atoms with Gasteiger partial charge in [-0.3, -0.25) is 9.59 Å². The highest BCUT2D eigenvalue weighted by Gasteiger charge is 2.65. The Labute approximate surface area is 179 Å². The van der Waals surface area contributed by atoms with Crippen molar-refractivity contribution in [2.45, 2.75) is 53.9 Å². The van der Waals surface area contributed by atoms with Gasteiger partial charge < -0.3 is 19.2 Å². The molecule has 0 aliphatic carbocycles. The number of hydrogen-bond donors (Lipinski definition) is 0. The highest BCUT2D eigenvalue weighted by molar-refractivity contribution is 5.96. The Bertz CT molecular complexity index is 805. The molecule has 0 N–H and O–H groups in total. The van der Waals surface area contributed by atoms with Crippen molar-refractivity contribution in [3.63, 3.8) is 0 Å². The summed E-state index contributed by atoms with van der Waals surface area (Å²) >= 11 is 0. The minimum atomic E-state index is -0.282. The molecule has 7 nitrogen and oxygen atoms in total.